The van der Waals surface area contributed by atoms with Crippen molar-refractivity contribution in [2.75, 3.05) is 18.0 Å². The van der Waals surface area contributed by atoms with Crippen LogP contribution < -0.4 is 11.5 Å². The minimum absolute atomic E-state index is 0.611. The molecule has 5 N–H and O–H groups in total. The second-order valence-corrected chi connectivity index (χ2v) is 6.30. The van der Waals surface area contributed by atoms with Gasteiger partial charge < -0.3 is 11.5 Å². The first-order chi connectivity index (χ1) is 10.2. The van der Waals surface area contributed by atoms with Crippen LogP contribution in [-0.2, 0) is 13.0 Å². The number of H-pyrrole nitrogens is 1. The Bertz CT molecular complexity index is 670. The van der Waals surface area contributed by atoms with Crippen molar-refractivity contribution in [2.45, 2.75) is 51.1 Å². The molecule has 21 heavy (non-hydrogen) atoms. The van der Waals surface area contributed by atoms with E-state index in [1.54, 1.807) is 0 Å². The molecule has 0 radical (unpaired) electrons. The fourth-order valence-electron chi connectivity index (χ4n) is 3.96. The van der Waals surface area contributed by atoms with Crippen LogP contribution >= 0.6 is 0 Å². The van der Waals surface area contributed by atoms with E-state index in [4.69, 9.17) is 11.5 Å². The number of aromatic nitrogens is 3. The van der Waals surface area contributed by atoms with Gasteiger partial charge >= 0.3 is 0 Å². The normalized spacial score (nSPS) is 20.8. The predicted octanol–water partition coefficient (Wildman–Crippen LogP) is 1.81. The molecule has 1 fully saturated rings. The summed E-state index contributed by atoms with van der Waals surface area (Å²) in [6.45, 7) is 1.99. The molecule has 4 rings (SSSR count). The molecule has 0 saturated heterocycles. The second-order valence-electron chi connectivity index (χ2n) is 6.30. The highest BCUT2D eigenvalue weighted by atomic mass is 15.2. The van der Waals surface area contributed by atoms with Crippen LogP contribution in [0.4, 0.5) is 11.6 Å². The van der Waals surface area contributed by atoms with Gasteiger partial charge in [-0.3, -0.25) is 10.00 Å². The molecule has 6 heteroatoms. The van der Waals surface area contributed by atoms with Crippen molar-refractivity contribution in [1.29, 1.82) is 0 Å². The fourth-order valence-corrected chi connectivity index (χ4v) is 3.96. The number of hydrogen-bond donors (Lipinski definition) is 3. The van der Waals surface area contributed by atoms with E-state index in [-0.39, 0.29) is 0 Å². The Balaban J connectivity index is 1.71. The third kappa shape index (κ3) is 2.05. The molecule has 1 aliphatic heterocycles. The maximum absolute atomic E-state index is 6.18. The quantitative estimate of drug-likeness (QED) is 0.743. The van der Waals surface area contributed by atoms with Crippen LogP contribution in [0.1, 0.15) is 43.2 Å². The second kappa shape index (κ2) is 4.87. The largest absolute Gasteiger partial charge is 0.384 e. The predicted molar refractivity (Wildman–Crippen MR) is 83.7 cm³/mol. The van der Waals surface area contributed by atoms with Crippen LogP contribution in [0.25, 0.3) is 11.0 Å². The first-order valence-corrected chi connectivity index (χ1v) is 7.89. The van der Waals surface area contributed by atoms with Gasteiger partial charge in [0.2, 0.25) is 0 Å². The smallest absolute Gasteiger partial charge is 0.185 e. The van der Waals surface area contributed by atoms with Crippen molar-refractivity contribution in [3.63, 3.8) is 0 Å². The monoisotopic (exact) mass is 286 g/mol. The molecule has 0 amide bonds. The number of nitrogens with one attached hydrogen (secondary N) is 1. The number of nitrogens with zero attached hydrogens (tertiary/aromatic N) is 3. The average molecular weight is 286 g/mol. The SMILES string of the molecule is Nc1nc2n[nH]c(N)c2c2c1CN(C1CCCCC1)CC2. The van der Waals surface area contributed by atoms with E-state index in [0.29, 0.717) is 23.3 Å². The topological polar surface area (TPSA) is 96.8 Å². The average Bonchev–Trinajstić information content (AvgIpc) is 2.89. The van der Waals surface area contributed by atoms with Gasteiger partial charge in [-0.1, -0.05) is 19.3 Å². The van der Waals surface area contributed by atoms with Crippen molar-refractivity contribution in [2.24, 2.45) is 0 Å². The van der Waals surface area contributed by atoms with Crippen molar-refractivity contribution >= 4 is 22.7 Å². The van der Waals surface area contributed by atoms with Crippen molar-refractivity contribution in [3.8, 4) is 0 Å². The van der Waals surface area contributed by atoms with E-state index in [9.17, 15) is 0 Å². The first kappa shape index (κ1) is 12.9. The van der Waals surface area contributed by atoms with E-state index in [1.807, 2.05) is 0 Å². The van der Waals surface area contributed by atoms with Gasteiger partial charge in [-0.2, -0.15) is 5.10 Å². The zero-order chi connectivity index (χ0) is 14.4. The van der Waals surface area contributed by atoms with Crippen molar-refractivity contribution < 1.29 is 0 Å². The van der Waals surface area contributed by atoms with E-state index in [0.717, 1.165) is 30.5 Å². The van der Waals surface area contributed by atoms with Gasteiger partial charge in [0.05, 0.1) is 5.39 Å². The summed E-state index contributed by atoms with van der Waals surface area (Å²) in [5, 5.41) is 7.94. The lowest BCUT2D eigenvalue weighted by Crippen LogP contribution is -2.40. The van der Waals surface area contributed by atoms with Crippen molar-refractivity contribution in [1.82, 2.24) is 20.1 Å². The summed E-state index contributed by atoms with van der Waals surface area (Å²) in [5.41, 5.74) is 15.2. The van der Waals surface area contributed by atoms with Crippen LogP contribution in [-0.4, -0.2) is 32.7 Å². The Morgan fingerprint density at radius 2 is 1.90 bits per heavy atom. The summed E-state index contributed by atoms with van der Waals surface area (Å²) in [4.78, 5) is 7.00. The van der Waals surface area contributed by atoms with Gasteiger partial charge in [0.25, 0.3) is 0 Å². The molecule has 0 aromatic carbocycles. The first-order valence-electron chi connectivity index (χ1n) is 7.89. The van der Waals surface area contributed by atoms with Gasteiger partial charge in [-0.15, -0.1) is 0 Å². The number of anilines is 2. The molecule has 2 aromatic heterocycles. The summed E-state index contributed by atoms with van der Waals surface area (Å²) >= 11 is 0. The molecule has 3 heterocycles. The summed E-state index contributed by atoms with van der Waals surface area (Å²) in [6, 6.07) is 0.712. The van der Waals surface area contributed by atoms with Gasteiger partial charge in [-0.25, -0.2) is 4.98 Å². The number of fused-ring (bicyclic) bond motifs is 3. The van der Waals surface area contributed by atoms with E-state index in [2.05, 4.69) is 20.1 Å². The molecule has 6 nitrogen and oxygen atoms in total. The van der Waals surface area contributed by atoms with Crippen LogP contribution in [0.2, 0.25) is 0 Å². The molecule has 112 valence electrons. The summed E-state index contributed by atoms with van der Waals surface area (Å²) in [7, 11) is 0. The molecule has 2 aliphatic rings. The molecular weight excluding hydrogens is 264 g/mol. The third-order valence-corrected chi connectivity index (χ3v) is 5.08. The summed E-state index contributed by atoms with van der Waals surface area (Å²) in [6.07, 6.45) is 7.72. The summed E-state index contributed by atoms with van der Waals surface area (Å²) in [5.74, 6) is 1.23. The molecule has 2 aromatic rings. The maximum atomic E-state index is 6.18. The van der Waals surface area contributed by atoms with Crippen LogP contribution in [0.3, 0.4) is 0 Å². The highest BCUT2D eigenvalue weighted by molar-refractivity contribution is 5.91. The minimum atomic E-state index is 0.611. The van der Waals surface area contributed by atoms with Crippen molar-refractivity contribution in [3.05, 3.63) is 11.1 Å². The Hall–Kier alpha value is -1.82. The van der Waals surface area contributed by atoms with E-state index >= 15 is 0 Å². The molecule has 1 aliphatic carbocycles. The summed E-state index contributed by atoms with van der Waals surface area (Å²) < 4.78 is 0. The number of nitrogen functional groups attached to an aromatic ring is 2. The number of nitrogens with two attached hydrogens (primary N) is 2. The molecule has 0 bridgehead atoms. The van der Waals surface area contributed by atoms with E-state index < -0.39 is 0 Å². The Morgan fingerprint density at radius 1 is 1.10 bits per heavy atom. The number of aromatic amines is 1. The minimum Gasteiger partial charge on any atom is -0.384 e. The van der Waals surface area contributed by atoms with Gasteiger partial charge in [0.15, 0.2) is 5.65 Å². The highest BCUT2D eigenvalue weighted by Gasteiger charge is 2.28. The fraction of sp³-hybridized carbons (Fsp3) is 0.600. The number of rotatable bonds is 1. The molecular formula is C15H22N6. The van der Waals surface area contributed by atoms with Crippen LogP contribution in [0.15, 0.2) is 0 Å². The van der Waals surface area contributed by atoms with Gasteiger partial charge in [-0.05, 0) is 24.8 Å². The lowest BCUT2D eigenvalue weighted by molar-refractivity contribution is 0.142. The van der Waals surface area contributed by atoms with Crippen LogP contribution in [0, 0.1) is 0 Å². The highest BCUT2D eigenvalue weighted by Crippen LogP contribution is 2.34. The lowest BCUT2D eigenvalue weighted by atomic mass is 9.90. The number of pyridine rings is 1. The molecule has 0 spiro atoms. The van der Waals surface area contributed by atoms with E-state index in [1.165, 1.54) is 37.7 Å². The van der Waals surface area contributed by atoms with Gasteiger partial charge in [0.1, 0.15) is 11.6 Å². The Labute approximate surface area is 123 Å². The van der Waals surface area contributed by atoms with Crippen LogP contribution in [0.5, 0.6) is 0 Å². The molecule has 0 unspecified atom stereocenters. The van der Waals surface area contributed by atoms with Gasteiger partial charge in [0, 0.05) is 24.7 Å². The molecule has 1 saturated carbocycles. The number of hydrogen-bond acceptors (Lipinski definition) is 5. The zero-order valence-electron chi connectivity index (χ0n) is 12.2. The maximum Gasteiger partial charge on any atom is 0.185 e. The zero-order valence-corrected chi connectivity index (χ0v) is 12.2. The lowest BCUT2D eigenvalue weighted by Gasteiger charge is -2.38. The Kier molecular flexibility index (Phi) is 2.99. The standard InChI is InChI=1S/C15H22N6/c16-13-11-8-21(9-4-2-1-3-5-9)7-6-10(11)12-14(17)19-20-15(12)18-13/h9H,1-8H2,(H5,16,17,18,19,20). The Morgan fingerprint density at radius 3 is 2.71 bits per heavy atom. The molecule has 0 atom stereocenters. The third-order valence-electron chi connectivity index (χ3n) is 5.08.